The van der Waals surface area contributed by atoms with E-state index in [4.69, 9.17) is 21.7 Å². The number of carbonyl (C=O) groups is 2. The Morgan fingerprint density at radius 1 is 1.25 bits per heavy atom. The van der Waals surface area contributed by atoms with Crippen LogP contribution in [0.3, 0.4) is 0 Å². The quantitative estimate of drug-likeness (QED) is 0.610. The average molecular weight is 525 g/mol. The molecule has 11 heteroatoms. The first-order chi connectivity index (χ1) is 17.2. The smallest absolute Gasteiger partial charge is 0.283 e. The van der Waals surface area contributed by atoms with E-state index in [2.05, 4.69) is 14.7 Å². The van der Waals surface area contributed by atoms with Crippen molar-refractivity contribution in [2.45, 2.75) is 27.2 Å². The molecule has 1 aromatic heterocycles. The van der Waals surface area contributed by atoms with Gasteiger partial charge in [0.15, 0.2) is 5.84 Å². The zero-order chi connectivity index (χ0) is 25.6. The fourth-order valence-corrected chi connectivity index (χ4v) is 5.50. The maximum absolute atomic E-state index is 12.9. The van der Waals surface area contributed by atoms with E-state index >= 15 is 0 Å². The van der Waals surface area contributed by atoms with Crippen molar-refractivity contribution in [2.75, 3.05) is 26.3 Å². The summed E-state index contributed by atoms with van der Waals surface area (Å²) in [4.78, 5) is 31.4. The van der Waals surface area contributed by atoms with E-state index in [0.29, 0.717) is 41.5 Å². The number of aryl methyl sites for hydroxylation is 1. The molecule has 0 saturated carbocycles. The van der Waals surface area contributed by atoms with Crippen molar-refractivity contribution in [1.82, 2.24) is 14.5 Å². The molecule has 5 rings (SSSR count). The number of hydrogen-bond donors (Lipinski definition) is 1. The first-order valence-electron chi connectivity index (χ1n) is 11.5. The molecule has 0 unspecified atom stereocenters. The number of aromatic nitrogens is 1. The minimum Gasteiger partial charge on any atom is -0.378 e. The molecule has 1 aromatic carbocycles. The average Bonchev–Trinajstić information content (AvgIpc) is 3.38. The second-order valence-electron chi connectivity index (χ2n) is 8.73. The van der Waals surface area contributed by atoms with Gasteiger partial charge in [-0.2, -0.15) is 15.1 Å². The molecular weight excluding hydrogens is 500 g/mol. The molecule has 2 amide bonds. The number of ether oxygens (including phenoxy) is 1. The van der Waals surface area contributed by atoms with Gasteiger partial charge in [-0.25, -0.2) is 0 Å². The van der Waals surface area contributed by atoms with Crippen molar-refractivity contribution in [2.24, 2.45) is 10.1 Å². The monoisotopic (exact) mass is 524 g/mol. The molecular formula is C25H25ClN6O3S. The number of morpholine rings is 1. The predicted octanol–water partition coefficient (Wildman–Crippen LogP) is 3.92. The van der Waals surface area contributed by atoms with E-state index in [1.165, 1.54) is 5.01 Å². The van der Waals surface area contributed by atoms with Crippen LogP contribution in [0.15, 0.2) is 39.9 Å². The van der Waals surface area contributed by atoms with Crippen LogP contribution in [0.2, 0.25) is 5.02 Å². The van der Waals surface area contributed by atoms with E-state index < -0.39 is 5.91 Å². The summed E-state index contributed by atoms with van der Waals surface area (Å²) < 4.78 is 7.38. The Kier molecular flexibility index (Phi) is 6.59. The van der Waals surface area contributed by atoms with Gasteiger partial charge in [0.05, 0.1) is 25.2 Å². The molecule has 1 fully saturated rings. The first kappa shape index (κ1) is 24.5. The number of thioether (sulfide) groups is 1. The van der Waals surface area contributed by atoms with Crippen LogP contribution in [-0.2, 0) is 14.3 Å². The van der Waals surface area contributed by atoms with Gasteiger partial charge in [-0.1, -0.05) is 17.7 Å². The highest BCUT2D eigenvalue weighted by Gasteiger charge is 2.36. The number of halogens is 1. The number of hydrazone groups is 1. The van der Waals surface area contributed by atoms with Crippen molar-refractivity contribution in [1.29, 1.82) is 5.41 Å². The van der Waals surface area contributed by atoms with Crippen LogP contribution in [-0.4, -0.2) is 68.6 Å². The second-order valence-corrected chi connectivity index (χ2v) is 10.2. The Morgan fingerprint density at radius 2 is 2.00 bits per heavy atom. The third-order valence-electron chi connectivity index (χ3n) is 6.41. The summed E-state index contributed by atoms with van der Waals surface area (Å²) in [6.45, 7) is 8.06. The van der Waals surface area contributed by atoms with Gasteiger partial charge < -0.3 is 14.2 Å². The van der Waals surface area contributed by atoms with Gasteiger partial charge in [0.25, 0.3) is 5.91 Å². The summed E-state index contributed by atoms with van der Waals surface area (Å²) in [5, 5.41) is 15.9. The summed E-state index contributed by atoms with van der Waals surface area (Å²) >= 11 is 7.50. The molecule has 36 heavy (non-hydrogen) atoms. The minimum absolute atomic E-state index is 0.0534. The van der Waals surface area contributed by atoms with Gasteiger partial charge in [0, 0.05) is 35.2 Å². The van der Waals surface area contributed by atoms with Crippen LogP contribution < -0.4 is 0 Å². The summed E-state index contributed by atoms with van der Waals surface area (Å²) in [5.74, 6) is -0.615. The zero-order valence-corrected chi connectivity index (χ0v) is 21.7. The second kappa shape index (κ2) is 9.68. The molecule has 0 spiro atoms. The zero-order valence-electron chi connectivity index (χ0n) is 20.2. The Labute approximate surface area is 218 Å². The molecule has 4 heterocycles. The van der Waals surface area contributed by atoms with Crippen molar-refractivity contribution in [3.05, 3.63) is 57.4 Å². The number of aliphatic imine (C=N–C) groups is 1. The lowest BCUT2D eigenvalue weighted by Crippen LogP contribution is -2.41. The van der Waals surface area contributed by atoms with E-state index in [-0.39, 0.29) is 23.7 Å². The molecule has 3 aliphatic heterocycles. The number of hydrogen-bond acceptors (Lipinski definition) is 6. The number of nitrogens with zero attached hydrogens (tertiary/aromatic N) is 5. The Morgan fingerprint density at radius 3 is 2.75 bits per heavy atom. The van der Waals surface area contributed by atoms with E-state index in [1.54, 1.807) is 11.0 Å². The molecule has 186 valence electrons. The molecule has 0 atom stereocenters. The minimum atomic E-state index is -0.501. The van der Waals surface area contributed by atoms with Crippen molar-refractivity contribution >= 4 is 57.3 Å². The van der Waals surface area contributed by atoms with Gasteiger partial charge in [0.2, 0.25) is 11.1 Å². The van der Waals surface area contributed by atoms with Crippen LogP contribution in [0, 0.1) is 26.2 Å². The Hall–Kier alpha value is -3.21. The first-order valence-corrected chi connectivity index (χ1v) is 12.7. The number of carbonyl (C=O) groups excluding carboxylic acids is 2. The fourth-order valence-electron chi connectivity index (χ4n) is 4.46. The third-order valence-corrected chi connectivity index (χ3v) is 7.73. The molecule has 0 aliphatic carbocycles. The highest BCUT2D eigenvalue weighted by molar-refractivity contribution is 8.27. The van der Waals surface area contributed by atoms with Gasteiger partial charge in [-0.05, 0) is 67.9 Å². The number of amidine groups is 2. The van der Waals surface area contributed by atoms with Gasteiger partial charge in [-0.3, -0.25) is 15.0 Å². The lowest BCUT2D eigenvalue weighted by molar-refractivity contribution is -0.133. The van der Waals surface area contributed by atoms with Crippen molar-refractivity contribution in [3.63, 3.8) is 0 Å². The number of nitrogens with one attached hydrogen (secondary N) is 1. The van der Waals surface area contributed by atoms with Crippen LogP contribution >= 0.6 is 23.4 Å². The maximum Gasteiger partial charge on any atom is 0.283 e. The SMILES string of the molecule is Cc1c(Cl)cccc1-n1c(C)cc(C=C2C(=N)N3N=C(CC(=O)N4CCOCC4)SC3=NC2=O)c1C. The summed E-state index contributed by atoms with van der Waals surface area (Å²) in [7, 11) is 0. The third kappa shape index (κ3) is 4.40. The van der Waals surface area contributed by atoms with Crippen molar-refractivity contribution in [3.8, 4) is 5.69 Å². The highest BCUT2D eigenvalue weighted by Crippen LogP contribution is 2.32. The van der Waals surface area contributed by atoms with E-state index in [9.17, 15) is 9.59 Å². The van der Waals surface area contributed by atoms with Gasteiger partial charge in [0.1, 0.15) is 5.04 Å². The number of benzene rings is 1. The lowest BCUT2D eigenvalue weighted by atomic mass is 10.1. The molecule has 0 radical (unpaired) electrons. The normalized spacial score (nSPS) is 19.1. The summed E-state index contributed by atoms with van der Waals surface area (Å²) in [5.41, 5.74) is 4.75. The fraction of sp³-hybridized carbons (Fsp3) is 0.320. The lowest BCUT2D eigenvalue weighted by Gasteiger charge is -2.26. The molecule has 3 aliphatic rings. The maximum atomic E-state index is 12.9. The molecule has 1 saturated heterocycles. The number of fused-ring (bicyclic) bond motifs is 1. The highest BCUT2D eigenvalue weighted by atomic mass is 35.5. The van der Waals surface area contributed by atoms with Crippen LogP contribution in [0.4, 0.5) is 0 Å². The summed E-state index contributed by atoms with van der Waals surface area (Å²) in [6, 6.07) is 7.73. The summed E-state index contributed by atoms with van der Waals surface area (Å²) in [6.07, 6.45) is 1.78. The van der Waals surface area contributed by atoms with Crippen LogP contribution in [0.5, 0.6) is 0 Å². The van der Waals surface area contributed by atoms with E-state index in [0.717, 1.165) is 40.0 Å². The topological polar surface area (TPSA) is 103 Å². The largest absolute Gasteiger partial charge is 0.378 e. The van der Waals surface area contributed by atoms with Gasteiger partial charge in [-0.15, -0.1) is 0 Å². The van der Waals surface area contributed by atoms with Crippen LogP contribution in [0.1, 0.15) is 28.9 Å². The molecule has 2 aromatic rings. The predicted molar refractivity (Wildman–Crippen MR) is 142 cm³/mol. The van der Waals surface area contributed by atoms with Gasteiger partial charge >= 0.3 is 0 Å². The number of amides is 2. The Balaban J connectivity index is 1.41. The standard InChI is InChI=1S/C25H25ClN6O3S/c1-14-11-17(16(3)31(14)20-6-4-5-19(26)15(20)2)12-18-23(27)32-25(28-24(18)34)36-21(29-32)13-22(33)30-7-9-35-10-8-30/h4-6,11-12,27H,7-10,13H2,1-3H3. The van der Waals surface area contributed by atoms with E-state index in [1.807, 2.05) is 45.0 Å². The Bertz CT molecular complexity index is 1390. The van der Waals surface area contributed by atoms with Crippen molar-refractivity contribution < 1.29 is 14.3 Å². The molecule has 0 bridgehead atoms. The molecule has 9 nitrogen and oxygen atoms in total. The number of rotatable bonds is 4. The van der Waals surface area contributed by atoms with Crippen LogP contribution in [0.25, 0.3) is 11.8 Å². The molecule has 1 N–H and O–H groups in total.